The number of alkyl halides is 3. The van der Waals surface area contributed by atoms with Gasteiger partial charge in [-0.1, -0.05) is 18.2 Å². The van der Waals surface area contributed by atoms with E-state index in [9.17, 15) is 13.2 Å². The van der Waals surface area contributed by atoms with Crippen LogP contribution in [0, 0.1) is 5.41 Å². The largest absolute Gasteiger partial charge is 0.477 e. The van der Waals surface area contributed by atoms with E-state index in [1.807, 2.05) is 0 Å². The van der Waals surface area contributed by atoms with E-state index in [-0.39, 0.29) is 17.3 Å². The maximum atomic E-state index is 12.1. The Bertz CT molecular complexity index is 640. The van der Waals surface area contributed by atoms with Gasteiger partial charge in [0.2, 0.25) is 5.88 Å². The average Bonchev–Trinajstić information content (AvgIpc) is 2.36. The lowest BCUT2D eigenvalue weighted by Crippen LogP contribution is -2.17. The zero-order valence-corrected chi connectivity index (χ0v) is 10.4. The van der Waals surface area contributed by atoms with Crippen LogP contribution in [0.1, 0.15) is 12.0 Å². The molecule has 20 heavy (non-hydrogen) atoms. The molecule has 0 aliphatic heterocycles. The van der Waals surface area contributed by atoms with Crippen LogP contribution in [0.3, 0.4) is 0 Å². The Balaban J connectivity index is 2.30. The molecule has 1 aromatic heterocycles. The van der Waals surface area contributed by atoms with E-state index in [2.05, 4.69) is 4.98 Å². The number of halogens is 3. The summed E-state index contributed by atoms with van der Waals surface area (Å²) in [4.78, 5) is 4.11. The van der Waals surface area contributed by atoms with Crippen molar-refractivity contribution in [1.29, 1.82) is 5.41 Å². The zero-order valence-electron chi connectivity index (χ0n) is 10.4. The summed E-state index contributed by atoms with van der Waals surface area (Å²) in [6, 6.07) is 8.60. The third kappa shape index (κ3) is 3.37. The Morgan fingerprint density at radius 1 is 1.30 bits per heavy atom. The third-order valence-corrected chi connectivity index (χ3v) is 2.60. The monoisotopic (exact) mass is 283 g/mol. The van der Waals surface area contributed by atoms with E-state index >= 15 is 0 Å². The van der Waals surface area contributed by atoms with Crippen LogP contribution in [-0.4, -0.2) is 23.6 Å². The van der Waals surface area contributed by atoms with Gasteiger partial charge in [-0.2, -0.15) is 13.2 Å². The van der Waals surface area contributed by atoms with Gasteiger partial charge in [0.15, 0.2) is 0 Å². The molecule has 2 aromatic rings. The molecule has 0 saturated carbocycles. The first-order valence-corrected chi connectivity index (χ1v) is 5.80. The molecule has 106 valence electrons. The number of benzene rings is 1. The van der Waals surface area contributed by atoms with Gasteiger partial charge in [0.05, 0.1) is 24.1 Å². The van der Waals surface area contributed by atoms with Crippen LogP contribution in [0.15, 0.2) is 30.3 Å². The summed E-state index contributed by atoms with van der Waals surface area (Å²) in [5.41, 5.74) is 6.16. The summed E-state index contributed by atoms with van der Waals surface area (Å²) in [5, 5.41) is 8.18. The maximum Gasteiger partial charge on any atom is 0.392 e. The lowest BCUT2D eigenvalue weighted by Gasteiger charge is -2.12. The number of hydrogen-bond donors (Lipinski definition) is 2. The molecular weight excluding hydrogens is 271 g/mol. The normalized spacial score (nSPS) is 11.6. The van der Waals surface area contributed by atoms with Crippen LogP contribution in [0.5, 0.6) is 5.88 Å². The topological polar surface area (TPSA) is 72.0 Å². The third-order valence-electron chi connectivity index (χ3n) is 2.60. The van der Waals surface area contributed by atoms with Crippen molar-refractivity contribution >= 4 is 16.7 Å². The summed E-state index contributed by atoms with van der Waals surface area (Å²) >= 11 is 0. The highest BCUT2D eigenvalue weighted by Crippen LogP contribution is 2.24. The molecule has 0 aliphatic rings. The van der Waals surface area contributed by atoms with Crippen LogP contribution in [0.25, 0.3) is 10.9 Å². The maximum absolute atomic E-state index is 12.1. The summed E-state index contributed by atoms with van der Waals surface area (Å²) in [5.74, 6) is -0.356. The minimum Gasteiger partial charge on any atom is -0.477 e. The van der Waals surface area contributed by atoms with E-state index in [0.717, 1.165) is 5.39 Å². The van der Waals surface area contributed by atoms with Gasteiger partial charge in [-0.3, -0.25) is 5.41 Å². The highest BCUT2D eigenvalue weighted by molar-refractivity contribution is 6.00. The second-order valence-corrected chi connectivity index (χ2v) is 4.16. The smallest absolute Gasteiger partial charge is 0.392 e. The first-order valence-electron chi connectivity index (χ1n) is 5.80. The zero-order chi connectivity index (χ0) is 14.8. The number of nitrogens with one attached hydrogen (secondary N) is 1. The van der Waals surface area contributed by atoms with Crippen molar-refractivity contribution in [1.82, 2.24) is 4.98 Å². The number of aromatic nitrogens is 1. The molecule has 2 rings (SSSR count). The molecule has 4 nitrogen and oxygen atoms in total. The molecule has 0 amide bonds. The average molecular weight is 283 g/mol. The Kier molecular flexibility index (Phi) is 3.78. The van der Waals surface area contributed by atoms with Crippen molar-refractivity contribution < 1.29 is 17.9 Å². The van der Waals surface area contributed by atoms with Gasteiger partial charge >= 0.3 is 6.18 Å². The van der Waals surface area contributed by atoms with Crippen molar-refractivity contribution in [2.45, 2.75) is 12.6 Å². The van der Waals surface area contributed by atoms with E-state index < -0.39 is 19.2 Å². The number of rotatable bonds is 4. The van der Waals surface area contributed by atoms with Crippen LogP contribution in [0.2, 0.25) is 0 Å². The highest BCUT2D eigenvalue weighted by atomic mass is 19.4. The predicted octanol–water partition coefficient (Wildman–Crippen LogP) is 2.85. The van der Waals surface area contributed by atoms with E-state index in [0.29, 0.717) is 5.52 Å². The molecule has 0 saturated heterocycles. The number of hydrogen-bond acceptors (Lipinski definition) is 3. The lowest BCUT2D eigenvalue weighted by molar-refractivity contribution is -0.139. The van der Waals surface area contributed by atoms with E-state index in [4.69, 9.17) is 15.9 Å². The highest BCUT2D eigenvalue weighted by Gasteiger charge is 2.27. The number of nitrogens with zero attached hydrogens (tertiary/aromatic N) is 1. The van der Waals surface area contributed by atoms with Crippen molar-refractivity contribution in [3.05, 3.63) is 35.9 Å². The fraction of sp³-hybridized carbons (Fsp3) is 0.231. The summed E-state index contributed by atoms with van der Waals surface area (Å²) in [6.07, 6.45) is -5.38. The molecule has 0 unspecified atom stereocenters. The number of para-hydroxylation sites is 1. The molecule has 0 fully saturated rings. The summed E-state index contributed by atoms with van der Waals surface area (Å²) < 4.78 is 41.3. The second-order valence-electron chi connectivity index (χ2n) is 4.16. The molecule has 0 radical (unpaired) electrons. The van der Waals surface area contributed by atoms with Crippen molar-refractivity contribution in [2.24, 2.45) is 5.73 Å². The Morgan fingerprint density at radius 2 is 2.00 bits per heavy atom. The van der Waals surface area contributed by atoms with Gasteiger partial charge < -0.3 is 10.5 Å². The van der Waals surface area contributed by atoms with E-state index in [1.165, 1.54) is 0 Å². The van der Waals surface area contributed by atoms with Crippen LogP contribution in [0.4, 0.5) is 13.2 Å². The molecule has 7 heteroatoms. The van der Waals surface area contributed by atoms with Gasteiger partial charge in [-0.25, -0.2) is 4.98 Å². The van der Waals surface area contributed by atoms with Gasteiger partial charge in [0.25, 0.3) is 0 Å². The van der Waals surface area contributed by atoms with Gasteiger partial charge in [-0.05, 0) is 12.1 Å². The number of ether oxygens (including phenoxy) is 1. The van der Waals surface area contributed by atoms with Crippen LogP contribution in [-0.2, 0) is 0 Å². The number of nitrogens with two attached hydrogens (primary N) is 1. The predicted molar refractivity (Wildman–Crippen MR) is 68.9 cm³/mol. The molecule has 0 spiro atoms. The molecule has 0 aliphatic carbocycles. The standard InChI is InChI=1S/C13H12F3N3O/c14-13(15,16)5-6-20-12-9(11(17)18)7-8-3-1-2-4-10(8)19-12/h1-4,7H,5-6H2,(H3,17,18). The second kappa shape index (κ2) is 5.36. The van der Waals surface area contributed by atoms with Gasteiger partial charge in [0, 0.05) is 5.39 Å². The minimum atomic E-state index is -4.30. The SMILES string of the molecule is N=C(N)c1cc2ccccc2nc1OCCC(F)(F)F. The molecule has 1 heterocycles. The molecular formula is C13H12F3N3O. The molecule has 0 bridgehead atoms. The Labute approximate surface area is 112 Å². The fourth-order valence-electron chi connectivity index (χ4n) is 1.66. The summed E-state index contributed by atoms with van der Waals surface area (Å²) in [6.45, 7) is -0.560. The number of amidine groups is 1. The van der Waals surface area contributed by atoms with Gasteiger partial charge in [-0.15, -0.1) is 0 Å². The number of fused-ring (bicyclic) bond motifs is 1. The quantitative estimate of drug-likeness (QED) is 0.669. The molecule has 0 atom stereocenters. The van der Waals surface area contributed by atoms with Gasteiger partial charge in [0.1, 0.15) is 5.84 Å². The van der Waals surface area contributed by atoms with Crippen LogP contribution < -0.4 is 10.5 Å². The van der Waals surface area contributed by atoms with Crippen molar-refractivity contribution in [3.63, 3.8) is 0 Å². The van der Waals surface area contributed by atoms with Crippen molar-refractivity contribution in [3.8, 4) is 5.88 Å². The van der Waals surface area contributed by atoms with Crippen molar-refractivity contribution in [2.75, 3.05) is 6.61 Å². The lowest BCUT2D eigenvalue weighted by atomic mass is 10.1. The molecule has 3 N–H and O–H groups in total. The number of pyridine rings is 1. The number of nitrogen functional groups attached to an aromatic ring is 1. The molecule has 1 aromatic carbocycles. The van der Waals surface area contributed by atoms with E-state index in [1.54, 1.807) is 30.3 Å². The fourth-order valence-corrected chi connectivity index (χ4v) is 1.66. The van der Waals surface area contributed by atoms with Crippen LogP contribution >= 0.6 is 0 Å². The Hall–Kier alpha value is -2.31. The minimum absolute atomic E-state index is 0.0551. The first kappa shape index (κ1) is 14.1. The first-order chi connectivity index (χ1) is 9.37. The summed E-state index contributed by atoms with van der Waals surface area (Å²) in [7, 11) is 0. The Morgan fingerprint density at radius 3 is 2.65 bits per heavy atom.